The van der Waals surface area contributed by atoms with Crippen molar-refractivity contribution < 1.29 is 18.0 Å². The molecule has 4 nitrogen and oxygen atoms in total. The van der Waals surface area contributed by atoms with Crippen LogP contribution in [0.1, 0.15) is 24.1 Å². The minimum absolute atomic E-state index is 0.117. The third-order valence-corrected chi connectivity index (χ3v) is 2.51. The number of nitrogens with zero attached hydrogens (tertiary/aromatic N) is 1. The highest BCUT2D eigenvalue weighted by Gasteiger charge is 2.35. The Balaban J connectivity index is 2.36. The molecule has 0 fully saturated rings. The van der Waals surface area contributed by atoms with Crippen molar-refractivity contribution in [1.82, 2.24) is 15.5 Å². The standard InChI is InChI=1S/C10H14F3N3OS/c11-10(12,13)9-7(6-15-16-9)2-1-4-14-8(17)3-5-18/h6,18H,1-5H2,(H,14,17)(H,15,16). The monoisotopic (exact) mass is 281 g/mol. The summed E-state index contributed by atoms with van der Waals surface area (Å²) >= 11 is 3.90. The number of H-pyrrole nitrogens is 1. The van der Waals surface area contributed by atoms with E-state index in [4.69, 9.17) is 0 Å². The Morgan fingerprint density at radius 2 is 2.22 bits per heavy atom. The molecular formula is C10H14F3N3OS. The van der Waals surface area contributed by atoms with Crippen molar-refractivity contribution >= 4 is 18.5 Å². The van der Waals surface area contributed by atoms with Gasteiger partial charge >= 0.3 is 6.18 Å². The van der Waals surface area contributed by atoms with Crippen LogP contribution < -0.4 is 5.32 Å². The van der Waals surface area contributed by atoms with Gasteiger partial charge in [0.05, 0.1) is 6.20 Å². The second kappa shape index (κ2) is 6.67. The lowest BCUT2D eigenvalue weighted by molar-refractivity contribution is -0.141. The Kier molecular flexibility index (Phi) is 5.52. The molecule has 0 aliphatic heterocycles. The maximum atomic E-state index is 12.5. The zero-order valence-corrected chi connectivity index (χ0v) is 10.4. The van der Waals surface area contributed by atoms with Crippen LogP contribution in [0.2, 0.25) is 0 Å². The summed E-state index contributed by atoms with van der Waals surface area (Å²) in [5.41, 5.74) is -0.699. The van der Waals surface area contributed by atoms with Gasteiger partial charge in [-0.15, -0.1) is 0 Å². The van der Waals surface area contributed by atoms with E-state index in [1.165, 1.54) is 6.20 Å². The second-order valence-electron chi connectivity index (χ2n) is 3.70. The summed E-state index contributed by atoms with van der Waals surface area (Å²) in [6.45, 7) is 0.342. The van der Waals surface area contributed by atoms with Gasteiger partial charge < -0.3 is 5.32 Å². The van der Waals surface area contributed by atoms with E-state index in [2.05, 4.69) is 23.0 Å². The first kappa shape index (κ1) is 14.9. The fourth-order valence-corrected chi connectivity index (χ4v) is 1.65. The summed E-state index contributed by atoms with van der Waals surface area (Å²) in [6, 6.07) is 0. The fourth-order valence-electron chi connectivity index (χ4n) is 1.44. The maximum Gasteiger partial charge on any atom is 0.433 e. The number of aromatic amines is 1. The number of hydrogen-bond donors (Lipinski definition) is 3. The number of nitrogens with one attached hydrogen (secondary N) is 2. The highest BCUT2D eigenvalue weighted by molar-refractivity contribution is 7.80. The van der Waals surface area contributed by atoms with Crippen molar-refractivity contribution in [1.29, 1.82) is 0 Å². The average Bonchev–Trinajstić information content (AvgIpc) is 2.72. The molecule has 0 spiro atoms. The third kappa shape index (κ3) is 4.59. The van der Waals surface area contributed by atoms with E-state index < -0.39 is 11.9 Å². The molecule has 1 rings (SSSR count). The highest BCUT2D eigenvalue weighted by Crippen LogP contribution is 2.30. The predicted octanol–water partition coefficient (Wildman–Crippen LogP) is 1.80. The Bertz CT molecular complexity index is 392. The summed E-state index contributed by atoms with van der Waals surface area (Å²) < 4.78 is 37.4. The van der Waals surface area contributed by atoms with Crippen LogP contribution in [0.15, 0.2) is 6.20 Å². The van der Waals surface area contributed by atoms with Crippen LogP contribution in [-0.2, 0) is 17.4 Å². The molecule has 8 heteroatoms. The Morgan fingerprint density at radius 1 is 1.50 bits per heavy atom. The first-order valence-corrected chi connectivity index (χ1v) is 6.05. The van der Waals surface area contributed by atoms with Crippen molar-refractivity contribution in [3.8, 4) is 0 Å². The normalized spacial score (nSPS) is 11.6. The molecule has 1 heterocycles. The van der Waals surface area contributed by atoms with Gasteiger partial charge in [-0.3, -0.25) is 9.89 Å². The topological polar surface area (TPSA) is 57.8 Å². The lowest BCUT2D eigenvalue weighted by Gasteiger charge is -2.07. The molecule has 0 saturated heterocycles. The first-order chi connectivity index (χ1) is 8.45. The summed E-state index contributed by atoms with van der Waals surface area (Å²) in [7, 11) is 0. The Labute approximate surface area is 108 Å². The molecular weight excluding hydrogens is 267 g/mol. The number of halogens is 3. The van der Waals surface area contributed by atoms with Gasteiger partial charge in [-0.05, 0) is 18.6 Å². The number of aryl methyl sites for hydroxylation is 1. The van der Waals surface area contributed by atoms with Gasteiger partial charge in [-0.2, -0.15) is 30.9 Å². The average molecular weight is 281 g/mol. The molecule has 102 valence electrons. The minimum atomic E-state index is -4.42. The predicted molar refractivity (Wildman–Crippen MR) is 63.4 cm³/mol. The quantitative estimate of drug-likeness (QED) is 0.550. The van der Waals surface area contributed by atoms with E-state index in [1.54, 1.807) is 0 Å². The van der Waals surface area contributed by atoms with E-state index in [9.17, 15) is 18.0 Å². The molecule has 0 radical (unpaired) electrons. The van der Waals surface area contributed by atoms with Crippen LogP contribution in [-0.4, -0.2) is 28.4 Å². The van der Waals surface area contributed by atoms with Crippen LogP contribution in [0.4, 0.5) is 13.2 Å². The van der Waals surface area contributed by atoms with E-state index in [1.807, 2.05) is 5.10 Å². The summed E-state index contributed by atoms with van der Waals surface area (Å²) in [5, 5.41) is 7.94. The minimum Gasteiger partial charge on any atom is -0.356 e. The van der Waals surface area contributed by atoms with Crippen molar-refractivity contribution in [3.05, 3.63) is 17.5 Å². The summed E-state index contributed by atoms with van der Waals surface area (Å²) in [4.78, 5) is 11.1. The lowest BCUT2D eigenvalue weighted by atomic mass is 10.1. The fraction of sp³-hybridized carbons (Fsp3) is 0.600. The number of thiol groups is 1. The Morgan fingerprint density at radius 3 is 2.83 bits per heavy atom. The molecule has 0 saturated carbocycles. The smallest absolute Gasteiger partial charge is 0.356 e. The number of alkyl halides is 3. The van der Waals surface area contributed by atoms with Gasteiger partial charge in [0, 0.05) is 18.5 Å². The maximum absolute atomic E-state index is 12.5. The molecule has 0 unspecified atom stereocenters. The molecule has 0 aromatic carbocycles. The first-order valence-electron chi connectivity index (χ1n) is 5.42. The molecule has 0 atom stereocenters. The van der Waals surface area contributed by atoms with Gasteiger partial charge in [-0.1, -0.05) is 0 Å². The molecule has 1 aromatic heterocycles. The van der Waals surface area contributed by atoms with E-state index >= 15 is 0 Å². The van der Waals surface area contributed by atoms with Gasteiger partial charge in [0.25, 0.3) is 0 Å². The van der Waals surface area contributed by atoms with Crippen LogP contribution in [0, 0.1) is 0 Å². The molecule has 1 aromatic rings. The van der Waals surface area contributed by atoms with Crippen LogP contribution in [0.25, 0.3) is 0 Å². The van der Waals surface area contributed by atoms with Crippen molar-refractivity contribution in [2.24, 2.45) is 0 Å². The van der Waals surface area contributed by atoms with Gasteiger partial charge in [0.1, 0.15) is 5.69 Å². The third-order valence-electron chi connectivity index (χ3n) is 2.29. The van der Waals surface area contributed by atoms with Crippen molar-refractivity contribution in [2.75, 3.05) is 12.3 Å². The zero-order chi connectivity index (χ0) is 13.6. The number of rotatable bonds is 6. The highest BCUT2D eigenvalue weighted by atomic mass is 32.1. The largest absolute Gasteiger partial charge is 0.433 e. The number of carbonyl (C=O) groups is 1. The summed E-state index contributed by atoms with van der Waals surface area (Å²) in [5.74, 6) is 0.305. The second-order valence-corrected chi connectivity index (χ2v) is 4.14. The number of amides is 1. The number of aromatic nitrogens is 2. The SMILES string of the molecule is O=C(CCS)NCCCc1cn[nH]c1C(F)(F)F. The number of carbonyl (C=O) groups excluding carboxylic acids is 1. The lowest BCUT2D eigenvalue weighted by Crippen LogP contribution is -2.24. The van der Waals surface area contributed by atoms with Crippen molar-refractivity contribution in [3.63, 3.8) is 0 Å². The molecule has 0 aliphatic rings. The molecule has 18 heavy (non-hydrogen) atoms. The van der Waals surface area contributed by atoms with Gasteiger partial charge in [0.15, 0.2) is 0 Å². The summed E-state index contributed by atoms with van der Waals surface area (Å²) in [6.07, 6.45) is -2.30. The van der Waals surface area contributed by atoms with Crippen LogP contribution in [0.3, 0.4) is 0 Å². The molecule has 0 aliphatic carbocycles. The van der Waals surface area contributed by atoms with E-state index in [0.29, 0.717) is 25.1 Å². The number of hydrogen-bond acceptors (Lipinski definition) is 3. The van der Waals surface area contributed by atoms with Crippen LogP contribution in [0.5, 0.6) is 0 Å². The van der Waals surface area contributed by atoms with E-state index in [0.717, 1.165) is 0 Å². The van der Waals surface area contributed by atoms with Crippen molar-refractivity contribution in [2.45, 2.75) is 25.4 Å². The molecule has 0 bridgehead atoms. The molecule has 1 amide bonds. The van der Waals surface area contributed by atoms with Crippen LogP contribution >= 0.6 is 12.6 Å². The Hall–Kier alpha value is -1.18. The zero-order valence-electron chi connectivity index (χ0n) is 9.55. The van der Waals surface area contributed by atoms with E-state index in [-0.39, 0.29) is 17.9 Å². The van der Waals surface area contributed by atoms with Gasteiger partial charge in [0.2, 0.25) is 5.91 Å². The van der Waals surface area contributed by atoms with Gasteiger partial charge in [-0.25, -0.2) is 0 Å². The molecule has 2 N–H and O–H groups in total.